The van der Waals surface area contributed by atoms with Gasteiger partial charge in [-0.05, 0) is 12.1 Å². The summed E-state index contributed by atoms with van der Waals surface area (Å²) in [6.45, 7) is 4.03. The van der Waals surface area contributed by atoms with Gasteiger partial charge in [-0.2, -0.15) is 0 Å². The highest BCUT2D eigenvalue weighted by Crippen LogP contribution is 2.04. The molecule has 0 aliphatic carbocycles. The van der Waals surface area contributed by atoms with Gasteiger partial charge in [0.05, 0.1) is 6.20 Å². The zero-order valence-electron chi connectivity index (χ0n) is 9.14. The number of pyridine rings is 1. The molecule has 1 rings (SSSR count). The standard InChI is InChI=1S/C7H7NO3.C4H10/c9-7(10)5-11-6-2-1-3-8-4-6;1-3-4-2/h1-4H,5H2,(H,9,10);3-4H2,1-2H3. The molecule has 84 valence electrons. The van der Waals surface area contributed by atoms with E-state index in [9.17, 15) is 4.79 Å². The molecule has 1 aromatic rings. The van der Waals surface area contributed by atoms with Crippen LogP contribution >= 0.6 is 0 Å². The fourth-order valence-corrected chi connectivity index (χ4v) is 0.578. The van der Waals surface area contributed by atoms with Crippen LogP contribution in [0.3, 0.4) is 0 Å². The third-order valence-electron chi connectivity index (χ3n) is 1.50. The lowest BCUT2D eigenvalue weighted by molar-refractivity contribution is -0.139. The summed E-state index contributed by atoms with van der Waals surface area (Å²) < 4.78 is 4.81. The Kier molecular flexibility index (Phi) is 8.05. The van der Waals surface area contributed by atoms with Crippen LogP contribution in [0.1, 0.15) is 26.7 Å². The number of hydrogen-bond donors (Lipinski definition) is 1. The predicted octanol–water partition coefficient (Wildman–Crippen LogP) is 2.35. The van der Waals surface area contributed by atoms with Crippen LogP contribution in [-0.2, 0) is 4.79 Å². The van der Waals surface area contributed by atoms with E-state index in [0.29, 0.717) is 5.75 Å². The van der Waals surface area contributed by atoms with Crippen molar-refractivity contribution in [2.24, 2.45) is 0 Å². The molecule has 1 N–H and O–H groups in total. The Morgan fingerprint density at radius 1 is 1.47 bits per heavy atom. The van der Waals surface area contributed by atoms with Gasteiger partial charge in [-0.1, -0.05) is 26.7 Å². The van der Waals surface area contributed by atoms with Crippen LogP contribution in [-0.4, -0.2) is 22.7 Å². The zero-order chi connectivity index (χ0) is 11.5. The monoisotopic (exact) mass is 211 g/mol. The molecule has 0 bridgehead atoms. The van der Waals surface area contributed by atoms with Crippen molar-refractivity contribution >= 4 is 5.97 Å². The van der Waals surface area contributed by atoms with Gasteiger partial charge in [-0.15, -0.1) is 0 Å². The third kappa shape index (κ3) is 8.74. The first-order valence-corrected chi connectivity index (χ1v) is 4.95. The molecule has 0 aromatic carbocycles. The van der Waals surface area contributed by atoms with Crippen molar-refractivity contribution in [2.45, 2.75) is 26.7 Å². The molecule has 0 unspecified atom stereocenters. The lowest BCUT2D eigenvalue weighted by atomic mass is 10.4. The van der Waals surface area contributed by atoms with E-state index in [2.05, 4.69) is 18.8 Å². The molecule has 1 aromatic heterocycles. The average Bonchev–Trinajstić information content (AvgIpc) is 2.28. The van der Waals surface area contributed by atoms with Crippen LogP contribution in [0.2, 0.25) is 0 Å². The maximum atomic E-state index is 10.0. The molecule has 0 amide bonds. The van der Waals surface area contributed by atoms with Crippen molar-refractivity contribution in [3.8, 4) is 5.75 Å². The highest BCUT2D eigenvalue weighted by atomic mass is 16.5. The van der Waals surface area contributed by atoms with Gasteiger partial charge >= 0.3 is 5.97 Å². The number of aromatic nitrogens is 1. The Labute approximate surface area is 89.9 Å². The topological polar surface area (TPSA) is 59.4 Å². The first kappa shape index (κ1) is 13.4. The molecule has 0 spiro atoms. The smallest absolute Gasteiger partial charge is 0.341 e. The number of ether oxygens (including phenoxy) is 1. The minimum absolute atomic E-state index is 0.328. The van der Waals surface area contributed by atoms with Crippen LogP contribution in [0, 0.1) is 0 Å². The summed E-state index contributed by atoms with van der Waals surface area (Å²) in [6.07, 6.45) is 5.69. The van der Waals surface area contributed by atoms with E-state index >= 15 is 0 Å². The molecule has 0 saturated carbocycles. The zero-order valence-corrected chi connectivity index (χ0v) is 9.14. The summed E-state index contributed by atoms with van der Waals surface area (Å²) in [7, 11) is 0. The number of carboxylic acid groups (broad SMARTS) is 1. The molecule has 4 heteroatoms. The second-order valence-electron chi connectivity index (χ2n) is 2.87. The van der Waals surface area contributed by atoms with Crippen LogP contribution in [0.15, 0.2) is 24.5 Å². The first-order valence-electron chi connectivity index (χ1n) is 4.95. The van der Waals surface area contributed by atoms with E-state index in [4.69, 9.17) is 9.84 Å². The maximum absolute atomic E-state index is 10.0. The van der Waals surface area contributed by atoms with E-state index in [-0.39, 0.29) is 6.61 Å². The van der Waals surface area contributed by atoms with Crippen molar-refractivity contribution in [1.29, 1.82) is 0 Å². The van der Waals surface area contributed by atoms with Gasteiger partial charge in [0.2, 0.25) is 0 Å². The van der Waals surface area contributed by atoms with Crippen LogP contribution < -0.4 is 4.74 Å². The molecule has 1 heterocycles. The van der Waals surface area contributed by atoms with Gasteiger partial charge < -0.3 is 9.84 Å². The summed E-state index contributed by atoms with van der Waals surface area (Å²) in [5, 5.41) is 8.23. The average molecular weight is 211 g/mol. The highest BCUT2D eigenvalue weighted by molar-refractivity contribution is 5.68. The molecule has 0 aliphatic rings. The van der Waals surface area contributed by atoms with Crippen molar-refractivity contribution < 1.29 is 14.6 Å². The second-order valence-corrected chi connectivity index (χ2v) is 2.87. The van der Waals surface area contributed by atoms with E-state index in [1.54, 1.807) is 18.3 Å². The van der Waals surface area contributed by atoms with E-state index in [1.807, 2.05) is 0 Å². The number of carboxylic acids is 1. The van der Waals surface area contributed by atoms with Gasteiger partial charge in [-0.25, -0.2) is 4.79 Å². The molecule has 0 atom stereocenters. The second kappa shape index (κ2) is 8.99. The van der Waals surface area contributed by atoms with Gasteiger partial charge in [0.25, 0.3) is 0 Å². The number of rotatable bonds is 4. The maximum Gasteiger partial charge on any atom is 0.341 e. The largest absolute Gasteiger partial charge is 0.480 e. The SMILES string of the molecule is CCCC.O=C(O)COc1cccnc1. The number of nitrogens with zero attached hydrogens (tertiary/aromatic N) is 1. The normalized spacial score (nSPS) is 8.67. The number of carbonyl (C=O) groups is 1. The van der Waals surface area contributed by atoms with E-state index in [0.717, 1.165) is 0 Å². The van der Waals surface area contributed by atoms with Crippen molar-refractivity contribution in [3.05, 3.63) is 24.5 Å². The summed E-state index contributed by atoms with van der Waals surface area (Å²) >= 11 is 0. The third-order valence-corrected chi connectivity index (χ3v) is 1.50. The fourth-order valence-electron chi connectivity index (χ4n) is 0.578. The summed E-state index contributed by atoms with van der Waals surface area (Å²) in [6, 6.07) is 3.33. The molecule has 15 heavy (non-hydrogen) atoms. The van der Waals surface area contributed by atoms with Crippen molar-refractivity contribution in [2.75, 3.05) is 6.61 Å². The quantitative estimate of drug-likeness (QED) is 0.830. The molecular weight excluding hydrogens is 194 g/mol. The first-order chi connectivity index (χ1) is 7.20. The summed E-state index contributed by atoms with van der Waals surface area (Å²) in [4.78, 5) is 13.8. The van der Waals surface area contributed by atoms with Crippen LogP contribution in [0.25, 0.3) is 0 Å². The summed E-state index contributed by atoms with van der Waals surface area (Å²) in [5.41, 5.74) is 0. The minimum atomic E-state index is -0.992. The van der Waals surface area contributed by atoms with Crippen molar-refractivity contribution in [3.63, 3.8) is 0 Å². The summed E-state index contributed by atoms with van der Waals surface area (Å²) in [5.74, 6) is -0.524. The molecule has 0 saturated heterocycles. The lowest BCUT2D eigenvalue weighted by Crippen LogP contribution is -2.09. The predicted molar refractivity (Wildman–Crippen MR) is 57.9 cm³/mol. The molecule has 0 radical (unpaired) electrons. The van der Waals surface area contributed by atoms with Crippen LogP contribution in [0.4, 0.5) is 0 Å². The highest BCUT2D eigenvalue weighted by Gasteiger charge is 1.96. The Bertz CT molecular complexity index is 260. The minimum Gasteiger partial charge on any atom is -0.480 e. The van der Waals surface area contributed by atoms with E-state index in [1.165, 1.54) is 19.0 Å². The fraction of sp³-hybridized carbons (Fsp3) is 0.455. The number of unbranched alkanes of at least 4 members (excludes halogenated alkanes) is 1. The van der Waals surface area contributed by atoms with Crippen molar-refractivity contribution in [1.82, 2.24) is 4.98 Å². The van der Waals surface area contributed by atoms with Gasteiger partial charge in [-0.3, -0.25) is 4.98 Å². The number of hydrogen-bond acceptors (Lipinski definition) is 3. The van der Waals surface area contributed by atoms with Crippen LogP contribution in [0.5, 0.6) is 5.75 Å². The molecular formula is C11H17NO3. The van der Waals surface area contributed by atoms with Gasteiger partial charge in [0.1, 0.15) is 5.75 Å². The van der Waals surface area contributed by atoms with Gasteiger partial charge in [0, 0.05) is 6.20 Å². The van der Waals surface area contributed by atoms with E-state index < -0.39 is 5.97 Å². The molecule has 0 aliphatic heterocycles. The molecule has 4 nitrogen and oxygen atoms in total. The Morgan fingerprint density at radius 2 is 2.13 bits per heavy atom. The van der Waals surface area contributed by atoms with Gasteiger partial charge in [0.15, 0.2) is 6.61 Å². The Balaban J connectivity index is 0.000000423. The Morgan fingerprint density at radius 3 is 2.53 bits per heavy atom. The lowest BCUT2D eigenvalue weighted by Gasteiger charge is -1.99. The Hall–Kier alpha value is -1.58. The number of aliphatic carboxylic acids is 1. The molecule has 0 fully saturated rings.